The van der Waals surface area contributed by atoms with Gasteiger partial charge in [0.25, 0.3) is 0 Å². The maximum Gasteiger partial charge on any atom is 2.00 e. The molecule has 0 saturated carbocycles. The zero-order valence-corrected chi connectivity index (χ0v) is 44.3. The van der Waals surface area contributed by atoms with E-state index in [1.54, 1.807) is 30.6 Å². The van der Waals surface area contributed by atoms with Crippen molar-refractivity contribution in [2.45, 2.75) is 118 Å². The first kappa shape index (κ1) is 60.2. The molecule has 0 spiro atoms. The van der Waals surface area contributed by atoms with Gasteiger partial charge in [0.05, 0.1) is 29.1 Å². The Balaban J connectivity index is 0.000000317. The first-order valence-electron chi connectivity index (χ1n) is 22.1. The number of aliphatic hydroxyl groups is 2. The number of hydrogen-bond acceptors (Lipinski definition) is 10. The van der Waals surface area contributed by atoms with Crippen molar-refractivity contribution in [1.29, 1.82) is 0 Å². The molecule has 8 rings (SSSR count). The van der Waals surface area contributed by atoms with E-state index in [1.165, 1.54) is 12.3 Å². The van der Waals surface area contributed by atoms with Gasteiger partial charge in [-0.25, -0.2) is 9.97 Å². The number of amides is 2. The van der Waals surface area contributed by atoms with Crippen molar-refractivity contribution < 1.29 is 46.3 Å². The SMILES string of the molecule is CC(C)C(O)c1ccnc(-c2ccc3c(c2)CCC(=O)N3)c1.CC(C)C(O)c1ccnc(Cl)c1.CC1(C)OB(c2ccc3c(c2)CCC(=O)N3)OC1(C)C.C[CH-]C.O=Cc1ccnc(Cl)c1.[Cl-].[Mg+2]. The molecule has 3 aromatic heterocycles. The molecule has 1 saturated heterocycles. The number of carbonyl (C=O) groups is 3. The molecule has 2 atom stereocenters. The van der Waals surface area contributed by atoms with Gasteiger partial charge in [-0.15, -0.1) is 0 Å². The van der Waals surface area contributed by atoms with Crippen molar-refractivity contribution in [3.05, 3.63) is 136 Å². The molecule has 3 aliphatic rings. The van der Waals surface area contributed by atoms with Crippen LogP contribution in [0.1, 0.15) is 127 Å². The van der Waals surface area contributed by atoms with Gasteiger partial charge in [-0.1, -0.05) is 69.1 Å². The molecule has 3 aliphatic heterocycles. The van der Waals surface area contributed by atoms with E-state index in [2.05, 4.69) is 37.7 Å². The third kappa shape index (κ3) is 17.5. The van der Waals surface area contributed by atoms with E-state index in [-0.39, 0.29) is 77.4 Å². The van der Waals surface area contributed by atoms with Crippen molar-refractivity contribution in [1.82, 2.24) is 15.0 Å². The van der Waals surface area contributed by atoms with Crippen LogP contribution >= 0.6 is 23.2 Å². The van der Waals surface area contributed by atoms with Gasteiger partial charge in [0.2, 0.25) is 11.8 Å². The van der Waals surface area contributed by atoms with Crippen LogP contribution in [-0.4, -0.2) is 84.6 Å². The molecule has 1 fully saturated rings. The molecule has 5 aromatic rings. The van der Waals surface area contributed by atoms with Crippen LogP contribution in [0.15, 0.2) is 91.4 Å². The third-order valence-corrected chi connectivity index (χ3v) is 11.6. The summed E-state index contributed by atoms with van der Waals surface area (Å²) in [6.45, 7) is 20.1. The van der Waals surface area contributed by atoms with Crippen LogP contribution in [0, 0.1) is 18.3 Å². The minimum absolute atomic E-state index is 0. The molecule has 0 radical (unpaired) electrons. The van der Waals surface area contributed by atoms with Crippen LogP contribution in [0.4, 0.5) is 11.4 Å². The molecular weight excluding hydrogens is 936 g/mol. The van der Waals surface area contributed by atoms with Gasteiger partial charge in [-0.05, 0) is 135 Å². The summed E-state index contributed by atoms with van der Waals surface area (Å²) in [6, 6.07) is 22.3. The van der Waals surface area contributed by atoms with E-state index in [9.17, 15) is 24.6 Å². The Morgan fingerprint density at radius 1 is 0.676 bits per heavy atom. The number of nitrogens with one attached hydrogen (secondary N) is 2. The number of aryl methyl sites for hydroxylation is 2. The summed E-state index contributed by atoms with van der Waals surface area (Å²) in [4.78, 5) is 44.8. The molecular formula is C51H63BCl3MgN5O7. The largest absolute Gasteiger partial charge is 2.00 e. The minimum Gasteiger partial charge on any atom is -1.00 e. The number of halogens is 3. The second kappa shape index (κ2) is 28.0. The Morgan fingerprint density at radius 2 is 1.13 bits per heavy atom. The van der Waals surface area contributed by atoms with Gasteiger partial charge in [-0.3, -0.25) is 19.4 Å². The van der Waals surface area contributed by atoms with E-state index < -0.39 is 12.2 Å². The van der Waals surface area contributed by atoms with Gasteiger partial charge in [0.15, 0.2) is 0 Å². The average molecular weight is 1000 g/mol. The first-order valence-corrected chi connectivity index (χ1v) is 22.9. The van der Waals surface area contributed by atoms with Crippen molar-refractivity contribution in [2.24, 2.45) is 11.8 Å². The standard InChI is InChI=1S/C18H20N2O2.C15H20BNO3.C9H12ClNO.C6H4ClNO.C3H7.ClH.Mg/c1-11(2)18(22)14-7-8-19-16(10-14)13-3-5-15-12(9-13)4-6-17(21)20-15;1-14(2)15(3,4)20-16(19-14)11-6-7-12-10(9-11)5-8-13(18)17-12;1-6(2)9(12)7-3-4-11-8(10)5-7;7-6-3-5(4-9)1-2-8-6;1-3-2;;/h3,5,7-11,18,22H,4,6H2,1-2H3,(H,20,21);6-7,9H,5,8H2,1-4H3,(H,17,18);3-6,9,12H,1-2H3;1-4H;3H,1-2H3;1H;/q;;;;-1;;+2/p-1. The summed E-state index contributed by atoms with van der Waals surface area (Å²) in [5.74, 6) is 0.513. The first-order chi connectivity index (χ1) is 31.2. The monoisotopic (exact) mass is 997 g/mol. The number of nitrogens with zero attached hydrogens (tertiary/aromatic N) is 3. The smallest absolute Gasteiger partial charge is 1.00 e. The molecule has 2 aromatic carbocycles. The summed E-state index contributed by atoms with van der Waals surface area (Å²) in [5.41, 5.74) is 8.53. The minimum atomic E-state index is -0.487. The van der Waals surface area contributed by atoms with E-state index in [0.29, 0.717) is 28.7 Å². The quantitative estimate of drug-likeness (QED) is 0.0575. The van der Waals surface area contributed by atoms with Crippen molar-refractivity contribution >= 4 is 88.3 Å². The Kier molecular flexibility index (Phi) is 24.8. The Labute approximate surface area is 434 Å². The molecule has 0 bridgehead atoms. The number of fused-ring (bicyclic) bond motifs is 2. The average Bonchev–Trinajstić information content (AvgIpc) is 3.51. The molecule has 360 valence electrons. The normalized spacial score (nSPS) is 15.7. The number of aromatic nitrogens is 3. The van der Waals surface area contributed by atoms with Crippen molar-refractivity contribution in [3.63, 3.8) is 0 Å². The van der Waals surface area contributed by atoms with Crippen LogP contribution in [0.25, 0.3) is 11.3 Å². The van der Waals surface area contributed by atoms with Gasteiger partial charge in [0.1, 0.15) is 16.6 Å². The third-order valence-electron chi connectivity index (χ3n) is 11.2. The number of pyridine rings is 3. The van der Waals surface area contributed by atoms with E-state index in [0.717, 1.165) is 69.5 Å². The number of benzene rings is 2. The van der Waals surface area contributed by atoms with E-state index >= 15 is 0 Å². The fourth-order valence-electron chi connectivity index (χ4n) is 6.72. The van der Waals surface area contributed by atoms with Gasteiger partial charge in [0, 0.05) is 53.9 Å². The van der Waals surface area contributed by atoms with Gasteiger partial charge < -0.3 is 49.0 Å². The van der Waals surface area contributed by atoms with Crippen LogP contribution in [-0.2, 0) is 31.7 Å². The maximum atomic E-state index is 11.4. The molecule has 2 unspecified atom stereocenters. The summed E-state index contributed by atoms with van der Waals surface area (Å²) in [5, 5.41) is 26.4. The van der Waals surface area contributed by atoms with Crippen LogP contribution < -0.4 is 28.5 Å². The Bertz CT molecular complexity index is 2410. The molecule has 6 heterocycles. The molecule has 2 amide bonds. The molecule has 12 nitrogen and oxygen atoms in total. The second-order valence-electron chi connectivity index (χ2n) is 17.8. The predicted octanol–water partition coefficient (Wildman–Crippen LogP) is 7.02. The number of aldehydes is 1. The number of hydrogen-bond donors (Lipinski definition) is 4. The Morgan fingerprint density at radius 3 is 1.60 bits per heavy atom. The van der Waals surface area contributed by atoms with E-state index in [1.807, 2.05) is 112 Å². The fourth-order valence-corrected chi connectivity index (χ4v) is 7.09. The molecule has 0 aliphatic carbocycles. The number of aliphatic hydroxyl groups excluding tert-OH is 2. The van der Waals surface area contributed by atoms with Crippen molar-refractivity contribution in [2.75, 3.05) is 10.6 Å². The summed E-state index contributed by atoms with van der Waals surface area (Å²) >= 11 is 11.1. The number of anilines is 2. The van der Waals surface area contributed by atoms with E-state index in [4.69, 9.17) is 32.5 Å². The predicted molar refractivity (Wildman–Crippen MR) is 271 cm³/mol. The molecule has 68 heavy (non-hydrogen) atoms. The molecule has 17 heteroatoms. The zero-order valence-electron chi connectivity index (χ0n) is 40.6. The van der Waals surface area contributed by atoms with Crippen LogP contribution in [0.3, 0.4) is 0 Å². The van der Waals surface area contributed by atoms with Crippen molar-refractivity contribution in [3.8, 4) is 11.3 Å². The topological polar surface area (TPSA) is 173 Å². The second-order valence-corrected chi connectivity index (χ2v) is 18.6. The number of carbonyl (C=O) groups excluding carboxylic acids is 3. The van der Waals surface area contributed by atoms with Gasteiger partial charge >= 0.3 is 30.2 Å². The fraction of sp³-hybridized carbons (Fsp3) is 0.392. The summed E-state index contributed by atoms with van der Waals surface area (Å²) in [7, 11) is -0.345. The van der Waals surface area contributed by atoms with Crippen LogP contribution in [0.5, 0.6) is 0 Å². The maximum absolute atomic E-state index is 11.4. The number of rotatable bonds is 7. The summed E-state index contributed by atoms with van der Waals surface area (Å²) in [6.07, 6.45) is 9.21. The Hall–Kier alpha value is -3.96. The zero-order chi connectivity index (χ0) is 48.8. The van der Waals surface area contributed by atoms with Gasteiger partial charge in [-0.2, -0.15) is 13.8 Å². The summed E-state index contributed by atoms with van der Waals surface area (Å²) < 4.78 is 12.1. The molecule has 4 N–H and O–H groups in total. The van der Waals surface area contributed by atoms with Crippen LogP contribution in [0.2, 0.25) is 10.3 Å².